The highest BCUT2D eigenvalue weighted by Crippen LogP contribution is 2.27. The first kappa shape index (κ1) is 15.4. The molecule has 20 heavy (non-hydrogen) atoms. The van der Waals surface area contributed by atoms with Crippen molar-refractivity contribution in [3.8, 4) is 0 Å². The number of methoxy groups -OCH3 is 1. The lowest BCUT2D eigenvalue weighted by atomic mass is 10.2. The molecule has 9 heteroatoms. The molecule has 2 heterocycles. The van der Waals surface area contributed by atoms with Crippen molar-refractivity contribution in [1.29, 1.82) is 0 Å². The van der Waals surface area contributed by atoms with Crippen molar-refractivity contribution in [3.63, 3.8) is 0 Å². The maximum atomic E-state index is 13.4. The number of hydrogen-bond donors (Lipinski definition) is 1. The molecule has 1 aromatic heterocycles. The van der Waals surface area contributed by atoms with Gasteiger partial charge in [0.25, 0.3) is 0 Å². The molecule has 0 bridgehead atoms. The molecular weight excluding hydrogens is 289 g/mol. The van der Waals surface area contributed by atoms with Gasteiger partial charge in [0, 0.05) is 19.9 Å². The molecule has 0 saturated carbocycles. The molecule has 7 nitrogen and oxygen atoms in total. The first-order valence-electron chi connectivity index (χ1n) is 6.27. The minimum atomic E-state index is -3.83. The third-order valence-electron chi connectivity index (χ3n) is 3.26. The van der Waals surface area contributed by atoms with E-state index in [1.54, 1.807) is 7.11 Å². The van der Waals surface area contributed by atoms with Crippen molar-refractivity contribution in [2.24, 2.45) is 0 Å². The third-order valence-corrected chi connectivity index (χ3v) is 5.14. The largest absolute Gasteiger partial charge is 0.395 e. The smallest absolute Gasteiger partial charge is 0.246 e. The fourth-order valence-electron chi connectivity index (χ4n) is 2.21. The number of halogens is 1. The number of hydrogen-bond acceptors (Lipinski definition) is 5. The van der Waals surface area contributed by atoms with Crippen LogP contribution in [0.5, 0.6) is 0 Å². The van der Waals surface area contributed by atoms with Crippen molar-refractivity contribution in [3.05, 3.63) is 12.4 Å². The van der Waals surface area contributed by atoms with Gasteiger partial charge in [-0.15, -0.1) is 0 Å². The predicted molar refractivity (Wildman–Crippen MR) is 68.4 cm³/mol. The van der Waals surface area contributed by atoms with Crippen LogP contribution in [-0.4, -0.2) is 66.7 Å². The normalized spacial score (nSPS) is 24.4. The van der Waals surface area contributed by atoms with Crippen LogP contribution in [-0.2, 0) is 21.3 Å². The van der Waals surface area contributed by atoms with Gasteiger partial charge in [-0.3, -0.25) is 4.68 Å². The number of aliphatic hydroxyl groups is 1. The maximum Gasteiger partial charge on any atom is 0.246 e. The summed E-state index contributed by atoms with van der Waals surface area (Å²) in [4.78, 5) is 0.00107. The van der Waals surface area contributed by atoms with Crippen LogP contribution in [0.15, 0.2) is 17.3 Å². The van der Waals surface area contributed by atoms with Gasteiger partial charge in [0.05, 0.1) is 32.0 Å². The molecule has 2 rings (SSSR count). The van der Waals surface area contributed by atoms with Crippen LogP contribution in [0.4, 0.5) is 4.39 Å². The Bertz CT molecular complexity index is 548. The fraction of sp³-hybridized carbons (Fsp3) is 0.727. The van der Waals surface area contributed by atoms with E-state index < -0.39 is 28.8 Å². The fourth-order valence-corrected chi connectivity index (χ4v) is 3.82. The standard InChI is InChI=1S/C11H18FN3O4S/c1-19-3-2-14-7-11(5-13-14)20(17,18)15-6-9(12)4-10(15)8-16/h5,7,9-10,16H,2-4,6,8H2,1H3/t9-,10-/m0/s1. The van der Waals surface area contributed by atoms with E-state index in [-0.39, 0.29) is 17.9 Å². The van der Waals surface area contributed by atoms with E-state index in [4.69, 9.17) is 4.74 Å². The quantitative estimate of drug-likeness (QED) is 0.774. The van der Waals surface area contributed by atoms with Gasteiger partial charge in [-0.25, -0.2) is 12.8 Å². The molecule has 114 valence electrons. The zero-order chi connectivity index (χ0) is 14.8. The van der Waals surface area contributed by atoms with Gasteiger partial charge in [-0.05, 0) is 6.42 Å². The van der Waals surface area contributed by atoms with Gasteiger partial charge in [0.1, 0.15) is 11.1 Å². The zero-order valence-corrected chi connectivity index (χ0v) is 12.0. The molecule has 0 spiro atoms. The Morgan fingerprint density at radius 2 is 2.35 bits per heavy atom. The Kier molecular flexibility index (Phi) is 4.74. The molecule has 2 atom stereocenters. The summed E-state index contributed by atoms with van der Waals surface area (Å²) in [6, 6.07) is -0.711. The highest BCUT2D eigenvalue weighted by Gasteiger charge is 2.40. The number of ether oxygens (including phenoxy) is 1. The van der Waals surface area contributed by atoms with Crippen LogP contribution in [0.1, 0.15) is 6.42 Å². The molecular formula is C11H18FN3O4S. The van der Waals surface area contributed by atoms with Crippen molar-refractivity contribution in [1.82, 2.24) is 14.1 Å². The van der Waals surface area contributed by atoms with Gasteiger partial charge in [0.2, 0.25) is 10.0 Å². The van der Waals surface area contributed by atoms with Crippen LogP contribution in [0.3, 0.4) is 0 Å². The Morgan fingerprint density at radius 3 is 3.00 bits per heavy atom. The topological polar surface area (TPSA) is 84.7 Å². The maximum absolute atomic E-state index is 13.4. The monoisotopic (exact) mass is 307 g/mol. The summed E-state index contributed by atoms with van der Waals surface area (Å²) in [5.41, 5.74) is 0. The molecule has 1 saturated heterocycles. The lowest BCUT2D eigenvalue weighted by Gasteiger charge is -2.20. The minimum Gasteiger partial charge on any atom is -0.395 e. The molecule has 1 aromatic rings. The number of rotatable bonds is 6. The molecule has 0 amide bonds. The summed E-state index contributed by atoms with van der Waals surface area (Å²) in [6.07, 6.45) is 1.39. The van der Waals surface area contributed by atoms with Gasteiger partial charge in [0.15, 0.2) is 0 Å². The first-order valence-corrected chi connectivity index (χ1v) is 7.71. The van der Waals surface area contributed by atoms with Crippen LogP contribution in [0, 0.1) is 0 Å². The molecule has 1 fully saturated rings. The second kappa shape index (κ2) is 6.17. The Hall–Kier alpha value is -1.03. The summed E-state index contributed by atoms with van der Waals surface area (Å²) < 4.78 is 45.5. The number of aliphatic hydroxyl groups excluding tert-OH is 1. The van der Waals surface area contributed by atoms with E-state index in [0.29, 0.717) is 13.2 Å². The van der Waals surface area contributed by atoms with Crippen molar-refractivity contribution >= 4 is 10.0 Å². The highest BCUT2D eigenvalue weighted by molar-refractivity contribution is 7.89. The summed E-state index contributed by atoms with van der Waals surface area (Å²) in [5.74, 6) is 0. The van der Waals surface area contributed by atoms with Crippen LogP contribution in [0.2, 0.25) is 0 Å². The van der Waals surface area contributed by atoms with Gasteiger partial charge < -0.3 is 9.84 Å². The second-order valence-electron chi connectivity index (χ2n) is 4.68. The summed E-state index contributed by atoms with van der Waals surface area (Å²) in [6.45, 7) is 0.228. The third kappa shape index (κ3) is 3.00. The average Bonchev–Trinajstić information content (AvgIpc) is 3.03. The first-order chi connectivity index (χ1) is 9.48. The van der Waals surface area contributed by atoms with Crippen LogP contribution in [0.25, 0.3) is 0 Å². The van der Waals surface area contributed by atoms with Gasteiger partial charge in [-0.1, -0.05) is 0 Å². The summed E-state index contributed by atoms with van der Waals surface area (Å²) in [7, 11) is -2.29. The highest BCUT2D eigenvalue weighted by atomic mass is 32.2. The molecule has 0 aromatic carbocycles. The molecule has 0 radical (unpaired) electrons. The van der Waals surface area contributed by atoms with Crippen molar-refractivity contribution in [2.45, 2.75) is 30.1 Å². The summed E-state index contributed by atoms with van der Waals surface area (Å²) >= 11 is 0. The molecule has 1 aliphatic heterocycles. The Labute approximate surface area is 117 Å². The van der Waals surface area contributed by atoms with Crippen molar-refractivity contribution < 1.29 is 22.7 Å². The van der Waals surface area contributed by atoms with Gasteiger partial charge >= 0.3 is 0 Å². The van der Waals surface area contributed by atoms with E-state index >= 15 is 0 Å². The molecule has 0 unspecified atom stereocenters. The van der Waals surface area contributed by atoms with Crippen LogP contribution < -0.4 is 0 Å². The number of alkyl halides is 1. The average molecular weight is 307 g/mol. The Balaban J connectivity index is 2.19. The SMILES string of the molecule is COCCn1cc(S(=O)(=O)N2C[C@@H](F)C[C@H]2CO)cn1. The van der Waals surface area contributed by atoms with E-state index in [1.807, 2.05) is 0 Å². The summed E-state index contributed by atoms with van der Waals surface area (Å²) in [5, 5.41) is 13.1. The lowest BCUT2D eigenvalue weighted by Crippen LogP contribution is -2.37. The predicted octanol–water partition coefficient (Wildman–Crippen LogP) is -0.377. The zero-order valence-electron chi connectivity index (χ0n) is 11.1. The number of nitrogens with zero attached hydrogens (tertiary/aromatic N) is 3. The van der Waals surface area contributed by atoms with Crippen molar-refractivity contribution in [2.75, 3.05) is 26.9 Å². The van der Waals surface area contributed by atoms with E-state index in [1.165, 1.54) is 17.1 Å². The second-order valence-corrected chi connectivity index (χ2v) is 6.57. The van der Waals surface area contributed by atoms with Gasteiger partial charge in [-0.2, -0.15) is 9.40 Å². The number of aromatic nitrogens is 2. The lowest BCUT2D eigenvalue weighted by molar-refractivity contribution is 0.183. The van der Waals surface area contributed by atoms with E-state index in [0.717, 1.165) is 4.31 Å². The number of sulfonamides is 1. The molecule has 1 N–H and O–H groups in total. The van der Waals surface area contributed by atoms with E-state index in [9.17, 15) is 17.9 Å². The Morgan fingerprint density at radius 1 is 1.60 bits per heavy atom. The molecule has 0 aliphatic carbocycles. The minimum absolute atomic E-state index is 0.00107. The molecule has 1 aliphatic rings. The van der Waals surface area contributed by atoms with E-state index in [2.05, 4.69) is 5.10 Å². The van der Waals surface area contributed by atoms with Crippen LogP contribution >= 0.6 is 0 Å².